The molecule has 1 fully saturated rings. The number of urea groups is 1. The molecule has 0 aliphatic carbocycles. The van der Waals surface area contributed by atoms with E-state index in [0.717, 1.165) is 42.7 Å². The number of anilines is 1. The first-order valence-electron chi connectivity index (χ1n) is 8.60. The number of aryl methyl sites for hydroxylation is 1. The Bertz CT molecular complexity index is 708. The van der Waals surface area contributed by atoms with Crippen molar-refractivity contribution in [3.8, 4) is 0 Å². The topological polar surface area (TPSA) is 90.1 Å². The minimum Gasteiger partial charge on any atom is -0.352 e. The molecule has 1 aromatic heterocycles. The zero-order valence-electron chi connectivity index (χ0n) is 14.1. The number of likely N-dealkylation sites (tertiary alicyclic amines) is 1. The Morgan fingerprint density at radius 3 is 2.80 bits per heavy atom. The fourth-order valence-electron chi connectivity index (χ4n) is 2.84. The summed E-state index contributed by atoms with van der Waals surface area (Å²) < 4.78 is 0. The summed E-state index contributed by atoms with van der Waals surface area (Å²) in [6, 6.07) is 7.51. The zero-order valence-corrected chi connectivity index (χ0v) is 14.1. The predicted molar refractivity (Wildman–Crippen MR) is 95.0 cm³/mol. The molecule has 7 heteroatoms. The first kappa shape index (κ1) is 17.0. The Labute approximate surface area is 146 Å². The Kier molecular flexibility index (Phi) is 5.66. The van der Waals surface area contributed by atoms with Crippen LogP contribution in [0.1, 0.15) is 30.4 Å². The van der Waals surface area contributed by atoms with E-state index in [1.54, 1.807) is 12.4 Å². The molecule has 1 aliphatic rings. The fourth-order valence-corrected chi connectivity index (χ4v) is 2.84. The van der Waals surface area contributed by atoms with E-state index >= 15 is 0 Å². The first-order valence-corrected chi connectivity index (χ1v) is 8.60. The molecule has 3 N–H and O–H groups in total. The summed E-state index contributed by atoms with van der Waals surface area (Å²) in [7, 11) is 0. The van der Waals surface area contributed by atoms with Crippen molar-refractivity contribution in [2.45, 2.75) is 32.2 Å². The molecule has 7 nitrogen and oxygen atoms in total. The summed E-state index contributed by atoms with van der Waals surface area (Å²) in [6.07, 6.45) is 6.73. The smallest absolute Gasteiger partial charge is 0.321 e. The second-order valence-corrected chi connectivity index (χ2v) is 6.21. The molecule has 1 aliphatic heterocycles. The molecule has 2 heterocycles. The molecule has 0 spiro atoms. The van der Waals surface area contributed by atoms with E-state index in [1.807, 2.05) is 29.2 Å². The van der Waals surface area contributed by atoms with Crippen molar-refractivity contribution in [1.29, 1.82) is 0 Å². The summed E-state index contributed by atoms with van der Waals surface area (Å²) in [5.41, 5.74) is 2.72. The van der Waals surface area contributed by atoms with E-state index < -0.39 is 0 Å². The number of carbonyl (C=O) groups is 2. The summed E-state index contributed by atoms with van der Waals surface area (Å²) in [5, 5.41) is 12.4. The van der Waals surface area contributed by atoms with Crippen LogP contribution in [0.3, 0.4) is 0 Å². The number of rotatable bonds is 6. The van der Waals surface area contributed by atoms with Crippen LogP contribution in [-0.2, 0) is 17.8 Å². The van der Waals surface area contributed by atoms with Gasteiger partial charge < -0.3 is 15.5 Å². The van der Waals surface area contributed by atoms with Gasteiger partial charge in [-0.1, -0.05) is 12.1 Å². The second kappa shape index (κ2) is 8.32. The van der Waals surface area contributed by atoms with Gasteiger partial charge in [-0.3, -0.25) is 9.89 Å². The molecule has 1 aromatic carbocycles. The van der Waals surface area contributed by atoms with E-state index in [1.165, 1.54) is 0 Å². The number of benzene rings is 1. The van der Waals surface area contributed by atoms with Crippen LogP contribution in [0.5, 0.6) is 0 Å². The van der Waals surface area contributed by atoms with Gasteiger partial charge in [0.1, 0.15) is 0 Å². The van der Waals surface area contributed by atoms with Crippen molar-refractivity contribution < 1.29 is 9.59 Å². The number of H-pyrrole nitrogens is 1. The molecule has 25 heavy (non-hydrogen) atoms. The number of aromatic nitrogens is 2. The number of hydrogen-bond acceptors (Lipinski definition) is 3. The van der Waals surface area contributed by atoms with Gasteiger partial charge in [0.2, 0.25) is 5.91 Å². The van der Waals surface area contributed by atoms with E-state index in [4.69, 9.17) is 0 Å². The lowest BCUT2D eigenvalue weighted by molar-refractivity contribution is -0.121. The minimum atomic E-state index is -0.0567. The molecule has 2 aromatic rings. The minimum absolute atomic E-state index is 0.00675. The summed E-state index contributed by atoms with van der Waals surface area (Å²) in [6.45, 7) is 2.08. The quantitative estimate of drug-likeness (QED) is 0.753. The van der Waals surface area contributed by atoms with Gasteiger partial charge in [-0.05, 0) is 42.5 Å². The molecule has 0 unspecified atom stereocenters. The lowest BCUT2D eigenvalue weighted by Gasteiger charge is -2.16. The lowest BCUT2D eigenvalue weighted by Crippen LogP contribution is -2.32. The second-order valence-electron chi connectivity index (χ2n) is 6.21. The third-order valence-electron chi connectivity index (χ3n) is 4.26. The summed E-state index contributed by atoms with van der Waals surface area (Å²) >= 11 is 0. The van der Waals surface area contributed by atoms with Crippen LogP contribution >= 0.6 is 0 Å². The number of nitrogens with zero attached hydrogens (tertiary/aromatic N) is 2. The summed E-state index contributed by atoms with van der Waals surface area (Å²) in [4.78, 5) is 25.9. The normalized spacial score (nSPS) is 13.7. The van der Waals surface area contributed by atoms with E-state index in [9.17, 15) is 9.59 Å². The maximum atomic E-state index is 12.1. The molecule has 3 amide bonds. The van der Waals surface area contributed by atoms with Crippen molar-refractivity contribution >= 4 is 17.6 Å². The maximum Gasteiger partial charge on any atom is 0.321 e. The Morgan fingerprint density at radius 2 is 2.04 bits per heavy atom. The highest BCUT2D eigenvalue weighted by molar-refractivity contribution is 5.89. The maximum absolute atomic E-state index is 12.1. The fraction of sp³-hybridized carbons (Fsp3) is 0.389. The SMILES string of the molecule is O=C(CCc1cn[nH]c1)NCc1cccc(NC(=O)N2CCCC2)c1. The Balaban J connectivity index is 1.46. The molecule has 0 saturated carbocycles. The third-order valence-corrected chi connectivity index (χ3v) is 4.26. The molecular weight excluding hydrogens is 318 g/mol. The van der Waals surface area contributed by atoms with Gasteiger partial charge in [0, 0.05) is 37.9 Å². The standard InChI is InChI=1S/C18H23N5O2/c24-17(7-6-15-12-20-21-13-15)19-11-14-4-3-5-16(10-14)22-18(25)23-8-1-2-9-23/h3-5,10,12-13H,1-2,6-9,11H2,(H,19,24)(H,20,21)(H,22,25). The van der Waals surface area contributed by atoms with Crippen LogP contribution in [0.4, 0.5) is 10.5 Å². The number of nitrogens with one attached hydrogen (secondary N) is 3. The van der Waals surface area contributed by atoms with Crippen molar-refractivity contribution in [2.24, 2.45) is 0 Å². The lowest BCUT2D eigenvalue weighted by atomic mass is 10.1. The van der Waals surface area contributed by atoms with E-state index in [-0.39, 0.29) is 11.9 Å². The predicted octanol–water partition coefficient (Wildman–Crippen LogP) is 2.29. The zero-order chi connectivity index (χ0) is 17.5. The highest BCUT2D eigenvalue weighted by Gasteiger charge is 2.17. The molecule has 0 atom stereocenters. The molecule has 3 rings (SSSR count). The molecule has 0 radical (unpaired) electrons. The van der Waals surface area contributed by atoms with Gasteiger partial charge in [0.15, 0.2) is 0 Å². The van der Waals surface area contributed by atoms with Gasteiger partial charge in [0.25, 0.3) is 0 Å². The third kappa shape index (κ3) is 5.07. The van der Waals surface area contributed by atoms with Crippen molar-refractivity contribution in [3.05, 3.63) is 47.8 Å². The molecular formula is C18H23N5O2. The number of hydrogen-bond donors (Lipinski definition) is 3. The van der Waals surface area contributed by atoms with Gasteiger partial charge >= 0.3 is 6.03 Å². The number of carbonyl (C=O) groups excluding carboxylic acids is 2. The Hall–Kier alpha value is -2.83. The van der Waals surface area contributed by atoms with Crippen LogP contribution in [-0.4, -0.2) is 40.1 Å². The van der Waals surface area contributed by atoms with Crippen LogP contribution in [0, 0.1) is 0 Å². The highest BCUT2D eigenvalue weighted by atomic mass is 16.2. The van der Waals surface area contributed by atoms with Crippen LogP contribution in [0.2, 0.25) is 0 Å². The van der Waals surface area contributed by atoms with Gasteiger partial charge in [-0.15, -0.1) is 0 Å². The summed E-state index contributed by atoms with van der Waals surface area (Å²) in [5.74, 6) is -0.00675. The van der Waals surface area contributed by atoms with Crippen LogP contribution < -0.4 is 10.6 Å². The average molecular weight is 341 g/mol. The van der Waals surface area contributed by atoms with Crippen molar-refractivity contribution in [3.63, 3.8) is 0 Å². The average Bonchev–Trinajstić information content (AvgIpc) is 3.32. The molecule has 132 valence electrons. The van der Waals surface area contributed by atoms with Crippen LogP contribution in [0.25, 0.3) is 0 Å². The van der Waals surface area contributed by atoms with E-state index in [2.05, 4.69) is 20.8 Å². The monoisotopic (exact) mass is 341 g/mol. The number of amides is 3. The van der Waals surface area contributed by atoms with Crippen molar-refractivity contribution in [2.75, 3.05) is 18.4 Å². The van der Waals surface area contributed by atoms with Gasteiger partial charge in [0.05, 0.1) is 6.20 Å². The largest absolute Gasteiger partial charge is 0.352 e. The number of aromatic amines is 1. The molecule has 1 saturated heterocycles. The van der Waals surface area contributed by atoms with Crippen LogP contribution in [0.15, 0.2) is 36.7 Å². The van der Waals surface area contributed by atoms with E-state index in [0.29, 0.717) is 19.4 Å². The molecule has 0 bridgehead atoms. The Morgan fingerprint density at radius 1 is 1.20 bits per heavy atom. The first-order chi connectivity index (χ1) is 12.2. The van der Waals surface area contributed by atoms with Gasteiger partial charge in [-0.25, -0.2) is 4.79 Å². The van der Waals surface area contributed by atoms with Gasteiger partial charge in [-0.2, -0.15) is 5.10 Å². The highest BCUT2D eigenvalue weighted by Crippen LogP contribution is 2.14. The van der Waals surface area contributed by atoms with Crippen molar-refractivity contribution in [1.82, 2.24) is 20.4 Å².